The SMILES string of the molecule is CCCC1CC1NC(=NC)N(C)Cc1cccn1C.I. The topological polar surface area (TPSA) is 32.6 Å². The molecule has 114 valence electrons. The van der Waals surface area contributed by atoms with Crippen molar-refractivity contribution in [1.29, 1.82) is 0 Å². The summed E-state index contributed by atoms with van der Waals surface area (Å²) in [4.78, 5) is 6.59. The lowest BCUT2D eigenvalue weighted by molar-refractivity contribution is 0.458. The number of aromatic nitrogens is 1. The first-order valence-corrected chi connectivity index (χ1v) is 7.20. The van der Waals surface area contributed by atoms with E-state index in [1.165, 1.54) is 25.0 Å². The summed E-state index contributed by atoms with van der Waals surface area (Å²) in [6.07, 6.45) is 5.99. The molecule has 1 saturated carbocycles. The Labute approximate surface area is 139 Å². The Balaban J connectivity index is 0.00000200. The van der Waals surface area contributed by atoms with Crippen LogP contribution in [0.5, 0.6) is 0 Å². The quantitative estimate of drug-likeness (QED) is 0.477. The number of rotatable bonds is 5. The Bertz CT molecular complexity index is 441. The summed E-state index contributed by atoms with van der Waals surface area (Å²) in [5, 5.41) is 3.57. The Morgan fingerprint density at radius 1 is 1.55 bits per heavy atom. The largest absolute Gasteiger partial charge is 0.353 e. The molecule has 0 bridgehead atoms. The van der Waals surface area contributed by atoms with Gasteiger partial charge < -0.3 is 14.8 Å². The molecular weight excluding hydrogens is 363 g/mol. The number of halogens is 1. The zero-order chi connectivity index (χ0) is 13.8. The predicted molar refractivity (Wildman–Crippen MR) is 95.6 cm³/mol. The highest BCUT2D eigenvalue weighted by molar-refractivity contribution is 14.0. The van der Waals surface area contributed by atoms with E-state index >= 15 is 0 Å². The molecule has 2 unspecified atom stereocenters. The van der Waals surface area contributed by atoms with Crippen LogP contribution in [0.15, 0.2) is 23.3 Å². The number of aliphatic imine (C=N–C) groups is 1. The van der Waals surface area contributed by atoms with Crippen LogP contribution in [0.1, 0.15) is 31.9 Å². The van der Waals surface area contributed by atoms with Gasteiger partial charge in [-0.05, 0) is 30.9 Å². The maximum Gasteiger partial charge on any atom is 0.193 e. The highest BCUT2D eigenvalue weighted by atomic mass is 127. The minimum atomic E-state index is 0. The molecule has 0 aromatic carbocycles. The van der Waals surface area contributed by atoms with Crippen molar-refractivity contribution in [3.8, 4) is 0 Å². The van der Waals surface area contributed by atoms with Crippen molar-refractivity contribution in [3.05, 3.63) is 24.0 Å². The zero-order valence-electron chi connectivity index (χ0n) is 13.0. The highest BCUT2D eigenvalue weighted by Gasteiger charge is 2.37. The van der Waals surface area contributed by atoms with Gasteiger partial charge in [-0.3, -0.25) is 4.99 Å². The molecule has 1 aliphatic rings. The zero-order valence-corrected chi connectivity index (χ0v) is 15.3. The predicted octanol–water partition coefficient (Wildman–Crippen LogP) is 2.84. The lowest BCUT2D eigenvalue weighted by Gasteiger charge is -2.22. The maximum atomic E-state index is 4.40. The molecule has 0 aliphatic heterocycles. The first-order chi connectivity index (χ1) is 9.15. The molecular formula is C15H27IN4. The van der Waals surface area contributed by atoms with Crippen LogP contribution in [-0.4, -0.2) is 35.6 Å². The molecule has 0 spiro atoms. The van der Waals surface area contributed by atoms with Gasteiger partial charge in [-0.25, -0.2) is 0 Å². The van der Waals surface area contributed by atoms with Crippen LogP contribution >= 0.6 is 24.0 Å². The number of guanidine groups is 1. The van der Waals surface area contributed by atoms with Gasteiger partial charge in [0.1, 0.15) is 0 Å². The summed E-state index contributed by atoms with van der Waals surface area (Å²) in [5.41, 5.74) is 1.30. The van der Waals surface area contributed by atoms with Gasteiger partial charge in [0.15, 0.2) is 5.96 Å². The fraction of sp³-hybridized carbons (Fsp3) is 0.667. The smallest absolute Gasteiger partial charge is 0.193 e. The monoisotopic (exact) mass is 390 g/mol. The summed E-state index contributed by atoms with van der Waals surface area (Å²) >= 11 is 0. The molecule has 1 heterocycles. The number of nitrogens with zero attached hydrogens (tertiary/aromatic N) is 3. The first kappa shape index (κ1) is 17.3. The molecule has 20 heavy (non-hydrogen) atoms. The van der Waals surface area contributed by atoms with Gasteiger partial charge in [0, 0.05) is 39.1 Å². The molecule has 0 radical (unpaired) electrons. The Morgan fingerprint density at radius 2 is 2.30 bits per heavy atom. The highest BCUT2D eigenvalue weighted by Crippen LogP contribution is 2.34. The molecule has 1 N–H and O–H groups in total. The molecule has 5 heteroatoms. The van der Waals surface area contributed by atoms with Crippen LogP contribution in [0.4, 0.5) is 0 Å². The lowest BCUT2D eigenvalue weighted by atomic mass is 10.2. The van der Waals surface area contributed by atoms with E-state index < -0.39 is 0 Å². The Hall–Kier alpha value is -0.720. The summed E-state index contributed by atoms with van der Waals surface area (Å²) in [5.74, 6) is 1.86. The second kappa shape index (κ2) is 7.90. The van der Waals surface area contributed by atoms with Gasteiger partial charge in [0.2, 0.25) is 0 Å². The first-order valence-electron chi connectivity index (χ1n) is 7.20. The van der Waals surface area contributed by atoms with E-state index in [4.69, 9.17) is 0 Å². The minimum absolute atomic E-state index is 0. The van der Waals surface area contributed by atoms with Gasteiger partial charge in [-0.2, -0.15) is 0 Å². The third-order valence-electron chi connectivity index (χ3n) is 3.92. The number of aryl methyl sites for hydroxylation is 1. The third-order valence-corrected chi connectivity index (χ3v) is 3.92. The van der Waals surface area contributed by atoms with Crippen molar-refractivity contribution in [1.82, 2.24) is 14.8 Å². The average Bonchev–Trinajstić information content (AvgIpc) is 3.00. The average molecular weight is 390 g/mol. The van der Waals surface area contributed by atoms with Gasteiger partial charge in [-0.1, -0.05) is 13.3 Å². The molecule has 4 nitrogen and oxygen atoms in total. The standard InChI is InChI=1S/C15H26N4.HI/c1-5-7-12-10-14(12)17-15(16-2)19(4)11-13-8-6-9-18(13)3;/h6,8-9,12,14H,5,7,10-11H2,1-4H3,(H,16,17);1H. The fourth-order valence-electron chi connectivity index (χ4n) is 2.60. The van der Waals surface area contributed by atoms with Crippen LogP contribution in [0.25, 0.3) is 0 Å². The molecule has 0 saturated heterocycles. The number of nitrogens with one attached hydrogen (secondary N) is 1. The summed E-state index contributed by atoms with van der Waals surface area (Å²) in [6, 6.07) is 4.87. The van der Waals surface area contributed by atoms with Crippen molar-refractivity contribution in [2.75, 3.05) is 14.1 Å². The van der Waals surface area contributed by atoms with E-state index in [1.54, 1.807) is 0 Å². The van der Waals surface area contributed by atoms with Gasteiger partial charge >= 0.3 is 0 Å². The molecule has 1 aromatic rings. The van der Waals surface area contributed by atoms with E-state index in [0.29, 0.717) is 6.04 Å². The van der Waals surface area contributed by atoms with Crippen LogP contribution in [0, 0.1) is 5.92 Å². The minimum Gasteiger partial charge on any atom is -0.353 e. The van der Waals surface area contributed by atoms with Crippen molar-refractivity contribution in [2.45, 2.75) is 38.8 Å². The molecule has 1 aliphatic carbocycles. The number of hydrogen-bond donors (Lipinski definition) is 1. The Kier molecular flexibility index (Phi) is 6.85. The van der Waals surface area contributed by atoms with Crippen LogP contribution in [-0.2, 0) is 13.6 Å². The van der Waals surface area contributed by atoms with Crippen LogP contribution < -0.4 is 5.32 Å². The van der Waals surface area contributed by atoms with Crippen LogP contribution in [0.2, 0.25) is 0 Å². The maximum absolute atomic E-state index is 4.40. The van der Waals surface area contributed by atoms with Crippen molar-refractivity contribution < 1.29 is 0 Å². The van der Waals surface area contributed by atoms with Gasteiger partial charge in [-0.15, -0.1) is 24.0 Å². The van der Waals surface area contributed by atoms with Crippen molar-refractivity contribution in [2.24, 2.45) is 18.0 Å². The molecule has 1 aromatic heterocycles. The van der Waals surface area contributed by atoms with E-state index in [1.807, 2.05) is 7.05 Å². The summed E-state index contributed by atoms with van der Waals surface area (Å²) < 4.78 is 2.15. The normalized spacial score (nSPS) is 21.3. The number of hydrogen-bond acceptors (Lipinski definition) is 1. The summed E-state index contributed by atoms with van der Waals surface area (Å²) in [7, 11) is 6.04. The Morgan fingerprint density at radius 3 is 2.85 bits per heavy atom. The van der Waals surface area contributed by atoms with E-state index in [2.05, 4.69) is 59.1 Å². The van der Waals surface area contributed by atoms with Crippen molar-refractivity contribution >= 4 is 29.9 Å². The second-order valence-corrected chi connectivity index (χ2v) is 5.55. The van der Waals surface area contributed by atoms with Crippen molar-refractivity contribution in [3.63, 3.8) is 0 Å². The molecule has 2 atom stereocenters. The lowest BCUT2D eigenvalue weighted by Crippen LogP contribution is -2.40. The fourth-order valence-corrected chi connectivity index (χ4v) is 2.60. The molecule has 1 fully saturated rings. The molecule has 2 rings (SSSR count). The van der Waals surface area contributed by atoms with E-state index in [-0.39, 0.29) is 24.0 Å². The second-order valence-electron chi connectivity index (χ2n) is 5.55. The third kappa shape index (κ3) is 4.40. The summed E-state index contributed by atoms with van der Waals surface area (Å²) in [6.45, 7) is 3.14. The van der Waals surface area contributed by atoms with Crippen LogP contribution in [0.3, 0.4) is 0 Å². The van der Waals surface area contributed by atoms with Gasteiger partial charge in [0.05, 0.1) is 6.54 Å². The van der Waals surface area contributed by atoms with Gasteiger partial charge in [0.25, 0.3) is 0 Å². The van der Waals surface area contributed by atoms with E-state index in [0.717, 1.165) is 18.4 Å². The molecule has 0 amide bonds. The van der Waals surface area contributed by atoms with E-state index in [9.17, 15) is 0 Å².